The van der Waals surface area contributed by atoms with Crippen LogP contribution in [0.2, 0.25) is 0 Å². The number of hydrogen-bond donors (Lipinski definition) is 0. The highest BCUT2D eigenvalue weighted by molar-refractivity contribution is 14.1. The minimum absolute atomic E-state index is 0.519. The van der Waals surface area contributed by atoms with E-state index in [9.17, 15) is 0 Å². The SMILES string of the molecule is CCCCCCC(C)(C)I. The average molecular weight is 254 g/mol. The monoisotopic (exact) mass is 254 g/mol. The largest absolute Gasteiger partial charge is 0.0795 e. The first-order valence-corrected chi connectivity index (χ1v) is 5.33. The summed E-state index contributed by atoms with van der Waals surface area (Å²) in [5, 5.41) is 0. The normalized spacial score (nSPS) is 12.0. The summed E-state index contributed by atoms with van der Waals surface area (Å²) >= 11 is 2.53. The van der Waals surface area contributed by atoms with Crippen LogP contribution in [-0.2, 0) is 0 Å². The number of unbranched alkanes of at least 4 members (excludes halogenated alkanes) is 3. The van der Waals surface area contributed by atoms with Crippen LogP contribution in [0.1, 0.15) is 52.9 Å². The molecule has 0 atom stereocenters. The van der Waals surface area contributed by atoms with Crippen LogP contribution in [0.4, 0.5) is 0 Å². The first-order valence-electron chi connectivity index (χ1n) is 4.25. The van der Waals surface area contributed by atoms with Gasteiger partial charge in [0.1, 0.15) is 0 Å². The van der Waals surface area contributed by atoms with E-state index in [4.69, 9.17) is 0 Å². The molecule has 0 saturated carbocycles. The Balaban J connectivity index is 3.04. The van der Waals surface area contributed by atoms with Crippen molar-refractivity contribution in [1.82, 2.24) is 0 Å². The van der Waals surface area contributed by atoms with E-state index in [1.165, 1.54) is 32.1 Å². The predicted molar refractivity (Wildman–Crippen MR) is 56.9 cm³/mol. The van der Waals surface area contributed by atoms with Gasteiger partial charge < -0.3 is 0 Å². The number of rotatable bonds is 5. The molecule has 0 aliphatic carbocycles. The van der Waals surface area contributed by atoms with Crippen molar-refractivity contribution >= 4 is 22.6 Å². The van der Waals surface area contributed by atoms with E-state index in [-0.39, 0.29) is 0 Å². The standard InChI is InChI=1S/C9H19I/c1-4-5-6-7-8-9(2,3)10/h4-8H2,1-3H3. The van der Waals surface area contributed by atoms with Crippen molar-refractivity contribution in [3.8, 4) is 0 Å². The van der Waals surface area contributed by atoms with Gasteiger partial charge in [-0.1, -0.05) is 69.0 Å². The summed E-state index contributed by atoms with van der Waals surface area (Å²) in [7, 11) is 0. The Morgan fingerprint density at radius 1 is 1.10 bits per heavy atom. The quantitative estimate of drug-likeness (QED) is 0.392. The van der Waals surface area contributed by atoms with Gasteiger partial charge in [0, 0.05) is 3.42 Å². The van der Waals surface area contributed by atoms with Crippen molar-refractivity contribution in [2.45, 2.75) is 56.3 Å². The maximum Gasteiger partial charge on any atom is 0.0166 e. The van der Waals surface area contributed by atoms with Crippen molar-refractivity contribution < 1.29 is 0 Å². The Bertz CT molecular complexity index is 71.3. The van der Waals surface area contributed by atoms with E-state index in [1.807, 2.05) is 0 Å². The molecular formula is C9H19I. The first kappa shape index (κ1) is 10.7. The topological polar surface area (TPSA) is 0 Å². The Hall–Kier alpha value is 0.730. The molecule has 0 rings (SSSR count). The van der Waals surface area contributed by atoms with E-state index in [0.29, 0.717) is 3.42 Å². The number of alkyl halides is 1. The molecule has 0 spiro atoms. The van der Waals surface area contributed by atoms with E-state index in [2.05, 4.69) is 43.4 Å². The predicted octanol–water partition coefficient (Wildman–Crippen LogP) is 4.17. The van der Waals surface area contributed by atoms with Gasteiger partial charge in [-0.05, 0) is 6.42 Å². The fraction of sp³-hybridized carbons (Fsp3) is 1.00. The lowest BCUT2D eigenvalue weighted by atomic mass is 10.0. The average Bonchev–Trinajstić information content (AvgIpc) is 1.78. The van der Waals surface area contributed by atoms with Gasteiger partial charge >= 0.3 is 0 Å². The molecule has 0 unspecified atom stereocenters. The van der Waals surface area contributed by atoms with Crippen molar-refractivity contribution in [2.24, 2.45) is 0 Å². The molecular weight excluding hydrogens is 235 g/mol. The molecule has 0 amide bonds. The Morgan fingerprint density at radius 2 is 1.70 bits per heavy atom. The molecule has 0 saturated heterocycles. The lowest BCUT2D eigenvalue weighted by Gasteiger charge is -2.14. The van der Waals surface area contributed by atoms with Gasteiger partial charge in [-0.2, -0.15) is 0 Å². The van der Waals surface area contributed by atoms with Crippen LogP contribution in [0.3, 0.4) is 0 Å². The third-order valence-corrected chi connectivity index (χ3v) is 2.16. The zero-order valence-corrected chi connectivity index (χ0v) is 9.57. The van der Waals surface area contributed by atoms with Crippen LogP contribution in [0.25, 0.3) is 0 Å². The lowest BCUT2D eigenvalue weighted by molar-refractivity contribution is 0.575. The zero-order chi connectivity index (χ0) is 8.04. The molecule has 0 aromatic heterocycles. The molecule has 0 aliphatic rings. The second-order valence-electron chi connectivity index (χ2n) is 3.53. The highest BCUT2D eigenvalue weighted by atomic mass is 127. The van der Waals surface area contributed by atoms with Crippen LogP contribution < -0.4 is 0 Å². The highest BCUT2D eigenvalue weighted by Gasteiger charge is 2.10. The molecule has 10 heavy (non-hydrogen) atoms. The molecule has 62 valence electrons. The summed E-state index contributed by atoms with van der Waals surface area (Å²) in [5.41, 5.74) is 0. The summed E-state index contributed by atoms with van der Waals surface area (Å²) in [6.45, 7) is 6.87. The molecule has 0 fully saturated rings. The maximum atomic E-state index is 2.53. The van der Waals surface area contributed by atoms with Gasteiger partial charge in [0.05, 0.1) is 0 Å². The van der Waals surface area contributed by atoms with Crippen LogP contribution in [0.5, 0.6) is 0 Å². The summed E-state index contributed by atoms with van der Waals surface area (Å²) in [6.07, 6.45) is 6.95. The van der Waals surface area contributed by atoms with Crippen molar-refractivity contribution in [1.29, 1.82) is 0 Å². The molecule has 0 aromatic carbocycles. The molecule has 0 bridgehead atoms. The molecule has 0 N–H and O–H groups in total. The van der Waals surface area contributed by atoms with Crippen LogP contribution in [-0.4, -0.2) is 3.42 Å². The van der Waals surface area contributed by atoms with E-state index >= 15 is 0 Å². The van der Waals surface area contributed by atoms with Gasteiger partial charge in [0.25, 0.3) is 0 Å². The fourth-order valence-corrected chi connectivity index (χ4v) is 1.35. The van der Waals surface area contributed by atoms with Gasteiger partial charge in [-0.25, -0.2) is 0 Å². The van der Waals surface area contributed by atoms with E-state index < -0.39 is 0 Å². The highest BCUT2D eigenvalue weighted by Crippen LogP contribution is 2.24. The molecule has 1 heteroatoms. The van der Waals surface area contributed by atoms with E-state index in [0.717, 1.165) is 0 Å². The van der Waals surface area contributed by atoms with Gasteiger partial charge in [-0.3, -0.25) is 0 Å². The molecule has 0 nitrogen and oxygen atoms in total. The van der Waals surface area contributed by atoms with Gasteiger partial charge in [-0.15, -0.1) is 0 Å². The summed E-state index contributed by atoms with van der Waals surface area (Å²) in [6, 6.07) is 0. The second kappa shape index (κ2) is 5.39. The van der Waals surface area contributed by atoms with Crippen LogP contribution in [0, 0.1) is 0 Å². The van der Waals surface area contributed by atoms with Crippen molar-refractivity contribution in [2.75, 3.05) is 0 Å². The van der Waals surface area contributed by atoms with Crippen molar-refractivity contribution in [3.63, 3.8) is 0 Å². The minimum Gasteiger partial charge on any atom is -0.0795 e. The molecule has 0 aromatic rings. The third-order valence-electron chi connectivity index (χ3n) is 1.62. The van der Waals surface area contributed by atoms with Gasteiger partial charge in [0.2, 0.25) is 0 Å². The van der Waals surface area contributed by atoms with Crippen molar-refractivity contribution in [3.05, 3.63) is 0 Å². The number of hydrogen-bond acceptors (Lipinski definition) is 0. The summed E-state index contributed by atoms with van der Waals surface area (Å²) < 4.78 is 0.519. The van der Waals surface area contributed by atoms with Gasteiger partial charge in [0.15, 0.2) is 0 Å². The summed E-state index contributed by atoms with van der Waals surface area (Å²) in [4.78, 5) is 0. The smallest absolute Gasteiger partial charge is 0.0166 e. The number of halogens is 1. The minimum atomic E-state index is 0.519. The Labute approximate surface area is 78.9 Å². The molecule has 0 radical (unpaired) electrons. The fourth-order valence-electron chi connectivity index (χ4n) is 0.972. The molecule has 0 heterocycles. The second-order valence-corrected chi connectivity index (χ2v) is 6.45. The van der Waals surface area contributed by atoms with Crippen LogP contribution in [0.15, 0.2) is 0 Å². The zero-order valence-electron chi connectivity index (χ0n) is 7.41. The lowest BCUT2D eigenvalue weighted by Crippen LogP contribution is -2.07. The third kappa shape index (κ3) is 8.73. The molecule has 0 aliphatic heterocycles. The Kier molecular flexibility index (Phi) is 5.78. The Morgan fingerprint density at radius 3 is 2.10 bits per heavy atom. The van der Waals surface area contributed by atoms with E-state index in [1.54, 1.807) is 0 Å². The summed E-state index contributed by atoms with van der Waals surface area (Å²) in [5.74, 6) is 0. The van der Waals surface area contributed by atoms with Crippen LogP contribution >= 0.6 is 22.6 Å². The maximum absolute atomic E-state index is 2.53. The first-order chi connectivity index (χ1) is 4.56.